The molecule has 1 aliphatic rings. The SMILES string of the molecule is CO[C@H]1COC[C@@H]1Nc1csc(Cl)n1. The molecule has 0 aromatic carbocycles. The number of aromatic nitrogens is 1. The second kappa shape index (κ2) is 4.44. The Morgan fingerprint density at radius 1 is 1.71 bits per heavy atom. The van der Waals surface area contributed by atoms with Gasteiger partial charge in [0.15, 0.2) is 4.47 Å². The van der Waals surface area contributed by atoms with Crippen LogP contribution in [0.3, 0.4) is 0 Å². The molecular formula is C8H11ClN2O2S. The summed E-state index contributed by atoms with van der Waals surface area (Å²) in [6.07, 6.45) is 0.0930. The zero-order chi connectivity index (χ0) is 9.97. The lowest BCUT2D eigenvalue weighted by Crippen LogP contribution is -2.33. The van der Waals surface area contributed by atoms with Crippen LogP contribution in [0.2, 0.25) is 4.47 Å². The van der Waals surface area contributed by atoms with Gasteiger partial charge in [0.2, 0.25) is 0 Å². The number of ether oxygens (including phenoxy) is 2. The maximum absolute atomic E-state index is 5.72. The van der Waals surface area contributed by atoms with E-state index < -0.39 is 0 Å². The molecule has 1 aromatic rings. The van der Waals surface area contributed by atoms with Gasteiger partial charge in [-0.25, -0.2) is 4.98 Å². The fourth-order valence-corrected chi connectivity index (χ4v) is 2.12. The Hall–Kier alpha value is -0.360. The molecule has 2 heterocycles. The van der Waals surface area contributed by atoms with Crippen molar-refractivity contribution in [2.75, 3.05) is 25.6 Å². The Kier molecular flexibility index (Phi) is 3.22. The normalized spacial score (nSPS) is 26.7. The summed E-state index contributed by atoms with van der Waals surface area (Å²) in [6, 6.07) is 0.165. The van der Waals surface area contributed by atoms with Gasteiger partial charge in [-0.3, -0.25) is 0 Å². The van der Waals surface area contributed by atoms with E-state index in [2.05, 4.69) is 10.3 Å². The molecule has 1 aliphatic heterocycles. The number of nitrogens with one attached hydrogen (secondary N) is 1. The zero-order valence-corrected chi connectivity index (χ0v) is 9.27. The average molecular weight is 235 g/mol. The minimum Gasteiger partial charge on any atom is -0.377 e. The van der Waals surface area contributed by atoms with Gasteiger partial charge in [-0.15, -0.1) is 11.3 Å². The van der Waals surface area contributed by atoms with Crippen LogP contribution in [0, 0.1) is 0 Å². The molecule has 2 rings (SSSR count). The first kappa shape index (κ1) is 10.2. The fourth-order valence-electron chi connectivity index (χ4n) is 1.41. The van der Waals surface area contributed by atoms with Crippen molar-refractivity contribution in [3.05, 3.63) is 9.85 Å². The van der Waals surface area contributed by atoms with Gasteiger partial charge in [0.05, 0.1) is 19.3 Å². The van der Waals surface area contributed by atoms with Crippen LogP contribution in [0.25, 0.3) is 0 Å². The highest BCUT2D eigenvalue weighted by molar-refractivity contribution is 7.14. The standard InChI is InChI=1S/C8H11ClN2O2S/c1-12-6-3-13-2-5(6)10-7-4-14-8(9)11-7/h4-6,10H,2-3H2,1H3/t5-,6-/m0/s1. The van der Waals surface area contributed by atoms with Crippen molar-refractivity contribution in [2.24, 2.45) is 0 Å². The maximum Gasteiger partial charge on any atom is 0.185 e. The number of methoxy groups -OCH3 is 1. The number of nitrogens with zero attached hydrogens (tertiary/aromatic N) is 1. The Morgan fingerprint density at radius 3 is 3.21 bits per heavy atom. The molecule has 0 saturated carbocycles. The molecule has 0 spiro atoms. The van der Waals surface area contributed by atoms with Gasteiger partial charge in [-0.05, 0) is 0 Å². The third-order valence-corrected chi connectivity index (χ3v) is 3.12. The summed E-state index contributed by atoms with van der Waals surface area (Å²) in [5.74, 6) is 0.789. The van der Waals surface area contributed by atoms with Crippen LogP contribution in [0.1, 0.15) is 0 Å². The molecule has 1 fully saturated rings. The summed E-state index contributed by atoms with van der Waals surface area (Å²) in [5.41, 5.74) is 0. The Bertz CT molecular complexity index is 307. The predicted molar refractivity (Wildman–Crippen MR) is 56.2 cm³/mol. The van der Waals surface area contributed by atoms with E-state index in [9.17, 15) is 0 Å². The van der Waals surface area contributed by atoms with E-state index in [0.29, 0.717) is 17.7 Å². The van der Waals surface area contributed by atoms with Crippen molar-refractivity contribution in [3.8, 4) is 0 Å². The van der Waals surface area contributed by atoms with Crippen LogP contribution in [0.5, 0.6) is 0 Å². The second-order valence-corrected chi connectivity index (χ2v) is 4.49. The highest BCUT2D eigenvalue weighted by Crippen LogP contribution is 2.21. The van der Waals surface area contributed by atoms with Gasteiger partial charge in [-0.2, -0.15) is 0 Å². The number of halogens is 1. The van der Waals surface area contributed by atoms with Crippen molar-refractivity contribution in [2.45, 2.75) is 12.1 Å². The Morgan fingerprint density at radius 2 is 2.57 bits per heavy atom. The molecule has 14 heavy (non-hydrogen) atoms. The summed E-state index contributed by atoms with van der Waals surface area (Å²) in [5, 5.41) is 5.11. The molecule has 1 aromatic heterocycles. The van der Waals surface area contributed by atoms with Crippen molar-refractivity contribution in [3.63, 3.8) is 0 Å². The molecule has 78 valence electrons. The van der Waals surface area contributed by atoms with Crippen molar-refractivity contribution >= 4 is 28.8 Å². The topological polar surface area (TPSA) is 43.4 Å². The molecule has 1 N–H and O–H groups in total. The van der Waals surface area contributed by atoms with E-state index in [1.807, 2.05) is 5.38 Å². The van der Waals surface area contributed by atoms with Crippen molar-refractivity contribution in [1.29, 1.82) is 0 Å². The van der Waals surface area contributed by atoms with E-state index in [-0.39, 0.29) is 12.1 Å². The van der Waals surface area contributed by atoms with Crippen LogP contribution < -0.4 is 5.32 Å². The van der Waals surface area contributed by atoms with E-state index in [1.54, 1.807) is 7.11 Å². The van der Waals surface area contributed by atoms with Gasteiger partial charge in [0.25, 0.3) is 0 Å². The fraction of sp³-hybridized carbons (Fsp3) is 0.625. The van der Waals surface area contributed by atoms with Gasteiger partial charge >= 0.3 is 0 Å². The summed E-state index contributed by atoms with van der Waals surface area (Å²) >= 11 is 7.13. The first-order valence-electron chi connectivity index (χ1n) is 4.27. The third kappa shape index (κ3) is 2.17. The van der Waals surface area contributed by atoms with Gasteiger partial charge < -0.3 is 14.8 Å². The zero-order valence-electron chi connectivity index (χ0n) is 7.70. The summed E-state index contributed by atoms with van der Waals surface area (Å²) in [7, 11) is 1.68. The van der Waals surface area contributed by atoms with E-state index in [1.165, 1.54) is 11.3 Å². The number of hydrogen-bond acceptors (Lipinski definition) is 5. The lowest BCUT2D eigenvalue weighted by Gasteiger charge is -2.16. The lowest BCUT2D eigenvalue weighted by atomic mass is 10.2. The molecule has 0 amide bonds. The summed E-state index contributed by atoms with van der Waals surface area (Å²) in [6.45, 7) is 1.28. The summed E-state index contributed by atoms with van der Waals surface area (Å²) < 4.78 is 11.1. The van der Waals surface area contributed by atoms with Crippen LogP contribution in [-0.2, 0) is 9.47 Å². The monoisotopic (exact) mass is 234 g/mol. The van der Waals surface area contributed by atoms with E-state index in [0.717, 1.165) is 5.82 Å². The van der Waals surface area contributed by atoms with Crippen LogP contribution in [-0.4, -0.2) is 37.5 Å². The Labute approximate surface area is 91.2 Å². The van der Waals surface area contributed by atoms with Crippen LogP contribution >= 0.6 is 22.9 Å². The minimum absolute atomic E-state index is 0.0930. The van der Waals surface area contributed by atoms with Crippen LogP contribution in [0.15, 0.2) is 5.38 Å². The number of rotatable bonds is 3. The molecule has 1 saturated heterocycles. The van der Waals surface area contributed by atoms with E-state index in [4.69, 9.17) is 21.1 Å². The van der Waals surface area contributed by atoms with Crippen molar-refractivity contribution < 1.29 is 9.47 Å². The highest BCUT2D eigenvalue weighted by atomic mass is 35.5. The van der Waals surface area contributed by atoms with Gasteiger partial charge in [0.1, 0.15) is 11.9 Å². The van der Waals surface area contributed by atoms with Crippen molar-refractivity contribution in [1.82, 2.24) is 4.98 Å². The second-order valence-electron chi connectivity index (χ2n) is 3.05. The third-order valence-electron chi connectivity index (χ3n) is 2.14. The molecule has 0 bridgehead atoms. The highest BCUT2D eigenvalue weighted by Gasteiger charge is 2.28. The van der Waals surface area contributed by atoms with Gasteiger partial charge in [-0.1, -0.05) is 11.6 Å². The predicted octanol–water partition coefficient (Wildman–Crippen LogP) is 1.62. The van der Waals surface area contributed by atoms with Gasteiger partial charge in [0, 0.05) is 12.5 Å². The Balaban J connectivity index is 1.96. The molecule has 4 nitrogen and oxygen atoms in total. The maximum atomic E-state index is 5.72. The lowest BCUT2D eigenvalue weighted by molar-refractivity contribution is 0.0795. The average Bonchev–Trinajstić information content (AvgIpc) is 2.76. The first-order valence-corrected chi connectivity index (χ1v) is 5.53. The largest absolute Gasteiger partial charge is 0.377 e. The quantitative estimate of drug-likeness (QED) is 0.863. The van der Waals surface area contributed by atoms with Crippen LogP contribution in [0.4, 0.5) is 5.82 Å². The smallest absolute Gasteiger partial charge is 0.185 e. The number of hydrogen-bond donors (Lipinski definition) is 1. The summed E-state index contributed by atoms with van der Waals surface area (Å²) in [4.78, 5) is 4.10. The van der Waals surface area contributed by atoms with E-state index >= 15 is 0 Å². The number of thiazole rings is 1. The molecule has 0 aliphatic carbocycles. The number of anilines is 1. The molecule has 6 heteroatoms. The minimum atomic E-state index is 0.0930. The molecule has 0 radical (unpaired) electrons. The molecule has 0 unspecified atom stereocenters. The molecule has 2 atom stereocenters. The first-order chi connectivity index (χ1) is 6.79. The molecular weight excluding hydrogens is 224 g/mol.